The topological polar surface area (TPSA) is 4.93 Å². The number of hydrogen-bond donors (Lipinski definition) is 0. The number of hydrogen-bond acceptors (Lipinski definition) is 0. The molecule has 1 nitrogen and oxygen atoms in total. The lowest BCUT2D eigenvalue weighted by molar-refractivity contribution is 0.827. The minimum atomic E-state index is 1.02. The average molecular weight is 406 g/mol. The second kappa shape index (κ2) is 9.66. The third kappa shape index (κ3) is 4.14. The van der Waals surface area contributed by atoms with Gasteiger partial charge in [0.25, 0.3) is 0 Å². The van der Waals surface area contributed by atoms with Crippen molar-refractivity contribution in [1.29, 1.82) is 0 Å². The number of fused-ring (bicyclic) bond motifs is 6. The minimum absolute atomic E-state index is 1.02. The van der Waals surface area contributed by atoms with Crippen LogP contribution in [0.5, 0.6) is 0 Å². The van der Waals surface area contributed by atoms with Gasteiger partial charge in [0.05, 0.1) is 0 Å². The van der Waals surface area contributed by atoms with Gasteiger partial charge in [0, 0.05) is 28.4 Å². The zero-order valence-corrected chi connectivity index (χ0v) is 18.8. The van der Waals surface area contributed by atoms with Crippen LogP contribution < -0.4 is 0 Å². The molecule has 0 N–H and O–H groups in total. The molecule has 31 heavy (non-hydrogen) atoms. The lowest BCUT2D eigenvalue weighted by Gasteiger charge is -2.01. The van der Waals surface area contributed by atoms with E-state index in [4.69, 9.17) is 0 Å². The third-order valence-corrected chi connectivity index (χ3v) is 5.70. The van der Waals surface area contributed by atoms with Gasteiger partial charge in [-0.15, -0.1) is 0 Å². The molecule has 0 radical (unpaired) electrons. The Balaban J connectivity index is 0.000000134. The van der Waals surface area contributed by atoms with E-state index in [0.717, 1.165) is 13.0 Å². The Hall–Kier alpha value is -3.32. The van der Waals surface area contributed by atoms with Crippen molar-refractivity contribution in [2.24, 2.45) is 0 Å². The van der Waals surface area contributed by atoms with Gasteiger partial charge < -0.3 is 4.57 Å². The fourth-order valence-electron chi connectivity index (χ4n) is 4.42. The highest BCUT2D eigenvalue weighted by Crippen LogP contribution is 2.35. The molecule has 0 amide bonds. The van der Waals surface area contributed by atoms with E-state index in [0.29, 0.717) is 0 Å². The van der Waals surface area contributed by atoms with Crippen LogP contribution in [0.15, 0.2) is 97.1 Å². The molecule has 156 valence electrons. The first-order chi connectivity index (χ1) is 15.3. The van der Waals surface area contributed by atoms with Crippen molar-refractivity contribution < 1.29 is 0 Å². The maximum atomic E-state index is 2.37. The van der Waals surface area contributed by atoms with Crippen molar-refractivity contribution in [2.45, 2.75) is 40.2 Å². The summed E-state index contributed by atoms with van der Waals surface area (Å²) in [5.74, 6) is 0. The first kappa shape index (κ1) is 20.9. The highest BCUT2D eigenvalue weighted by atomic mass is 15.0. The van der Waals surface area contributed by atoms with Crippen molar-refractivity contribution in [3.63, 3.8) is 0 Å². The quantitative estimate of drug-likeness (QED) is 0.258. The fourth-order valence-corrected chi connectivity index (χ4v) is 4.42. The fraction of sp³-hybridized carbons (Fsp3) is 0.200. The average Bonchev–Trinajstić information content (AvgIpc) is 3.36. The van der Waals surface area contributed by atoms with Crippen LogP contribution in [0.2, 0.25) is 0 Å². The van der Waals surface area contributed by atoms with E-state index in [-0.39, 0.29) is 0 Å². The number of aromatic nitrogens is 1. The van der Waals surface area contributed by atoms with Gasteiger partial charge in [0.15, 0.2) is 0 Å². The monoisotopic (exact) mass is 405 g/mol. The number of benzene rings is 4. The van der Waals surface area contributed by atoms with Gasteiger partial charge in [0.1, 0.15) is 0 Å². The van der Waals surface area contributed by atoms with E-state index >= 15 is 0 Å². The number of para-hydroxylation sites is 2. The normalized spacial score (nSPS) is 11.2. The van der Waals surface area contributed by atoms with Crippen molar-refractivity contribution in [3.8, 4) is 11.1 Å². The van der Waals surface area contributed by atoms with Crippen molar-refractivity contribution in [3.05, 3.63) is 108 Å². The molecule has 0 spiro atoms. The van der Waals surface area contributed by atoms with Gasteiger partial charge in [-0.05, 0) is 47.7 Å². The Morgan fingerprint density at radius 1 is 0.548 bits per heavy atom. The van der Waals surface area contributed by atoms with Gasteiger partial charge >= 0.3 is 0 Å². The lowest BCUT2D eigenvalue weighted by Crippen LogP contribution is -1.91. The molecule has 0 fully saturated rings. The molecule has 0 saturated carbocycles. The first-order valence-corrected chi connectivity index (χ1v) is 11.4. The zero-order chi connectivity index (χ0) is 21.6. The molecule has 0 atom stereocenters. The largest absolute Gasteiger partial charge is 0.341 e. The molecule has 5 aromatic rings. The molecular weight excluding hydrogens is 374 g/mol. The summed E-state index contributed by atoms with van der Waals surface area (Å²) in [5.41, 5.74) is 8.42. The van der Waals surface area contributed by atoms with Crippen molar-refractivity contribution >= 4 is 21.8 Å². The summed E-state index contributed by atoms with van der Waals surface area (Å²) < 4.78 is 2.37. The smallest absolute Gasteiger partial charge is 0.0491 e. The van der Waals surface area contributed by atoms with Crippen LogP contribution in [0.25, 0.3) is 32.9 Å². The third-order valence-electron chi connectivity index (χ3n) is 5.70. The molecule has 0 saturated heterocycles. The highest BCUT2D eigenvalue weighted by molar-refractivity contribution is 6.07. The number of nitrogens with zero attached hydrogens (tertiary/aromatic N) is 1. The summed E-state index contributed by atoms with van der Waals surface area (Å²) >= 11 is 0. The number of aryl methyl sites for hydroxylation is 1. The molecular formula is C30H31N. The van der Waals surface area contributed by atoms with Gasteiger partial charge in [-0.25, -0.2) is 0 Å². The maximum Gasteiger partial charge on any atom is 0.0491 e. The van der Waals surface area contributed by atoms with Crippen molar-refractivity contribution in [2.75, 3.05) is 0 Å². The molecule has 0 unspecified atom stereocenters. The Bertz CT molecular complexity index is 1200. The summed E-state index contributed by atoms with van der Waals surface area (Å²) in [4.78, 5) is 0. The zero-order valence-electron chi connectivity index (χ0n) is 18.8. The Kier molecular flexibility index (Phi) is 6.52. The van der Waals surface area contributed by atoms with Crippen LogP contribution in [0, 0.1) is 0 Å². The van der Waals surface area contributed by atoms with Crippen LogP contribution >= 0.6 is 0 Å². The first-order valence-electron chi connectivity index (χ1n) is 11.4. The van der Waals surface area contributed by atoms with Gasteiger partial charge in [-0.2, -0.15) is 0 Å². The second-order valence-electron chi connectivity index (χ2n) is 7.98. The van der Waals surface area contributed by atoms with Gasteiger partial charge in [-0.1, -0.05) is 105 Å². The molecule has 1 aliphatic rings. The summed E-state index contributed by atoms with van der Waals surface area (Å²) in [6.07, 6.45) is 2.35. The molecule has 1 heterocycles. The van der Waals surface area contributed by atoms with Gasteiger partial charge in [-0.3, -0.25) is 0 Å². The Morgan fingerprint density at radius 3 is 1.39 bits per heavy atom. The predicted octanol–water partition coefficient (Wildman–Crippen LogP) is 8.49. The second-order valence-corrected chi connectivity index (χ2v) is 7.98. The predicted molar refractivity (Wildman–Crippen MR) is 136 cm³/mol. The molecule has 0 bridgehead atoms. The van der Waals surface area contributed by atoms with Crippen LogP contribution in [-0.2, 0) is 13.0 Å². The highest BCUT2D eigenvalue weighted by Gasteiger charge is 2.15. The molecule has 4 aromatic carbocycles. The van der Waals surface area contributed by atoms with Crippen LogP contribution in [0.1, 0.15) is 38.3 Å². The molecule has 1 aromatic heterocycles. The van der Waals surface area contributed by atoms with Gasteiger partial charge in [0.2, 0.25) is 0 Å². The summed E-state index contributed by atoms with van der Waals surface area (Å²) in [6, 6.07) is 34.5. The van der Waals surface area contributed by atoms with E-state index in [1.165, 1.54) is 50.5 Å². The number of rotatable bonds is 1. The lowest BCUT2D eigenvalue weighted by atomic mass is 10.1. The summed E-state index contributed by atoms with van der Waals surface area (Å²) in [7, 11) is 0. The Morgan fingerprint density at radius 2 is 0.935 bits per heavy atom. The molecule has 1 heteroatoms. The minimum Gasteiger partial charge on any atom is -0.341 e. The van der Waals surface area contributed by atoms with Crippen LogP contribution in [0.3, 0.4) is 0 Å². The Labute approximate surface area is 186 Å². The summed E-state index contributed by atoms with van der Waals surface area (Å²) in [6.45, 7) is 7.47. The van der Waals surface area contributed by atoms with E-state index < -0.39 is 0 Å². The standard InChI is InChI=1S/C14H13N.C13H10.C3H8/c1-2-15-13-9-5-3-7-11(13)12-8-4-6-10-14(12)15;1-3-7-12-10(5-1)9-11-6-2-4-8-13(11)12;1-3-2/h3-10H,2H2,1H3;1-8H,9H2;3H2,1-2H3. The molecule has 6 rings (SSSR count). The maximum absolute atomic E-state index is 2.37. The SMILES string of the molecule is CCC.CCn1c2ccccc2c2ccccc21.c1ccc2c(c1)Cc1ccccc1-2. The van der Waals surface area contributed by atoms with Crippen LogP contribution in [-0.4, -0.2) is 4.57 Å². The van der Waals surface area contributed by atoms with E-state index in [1.807, 2.05) is 0 Å². The van der Waals surface area contributed by atoms with E-state index in [2.05, 4.69) is 122 Å². The molecule has 1 aliphatic carbocycles. The van der Waals surface area contributed by atoms with E-state index in [1.54, 1.807) is 0 Å². The molecule has 0 aliphatic heterocycles. The van der Waals surface area contributed by atoms with E-state index in [9.17, 15) is 0 Å². The van der Waals surface area contributed by atoms with Crippen LogP contribution in [0.4, 0.5) is 0 Å². The van der Waals surface area contributed by atoms with Crippen molar-refractivity contribution in [1.82, 2.24) is 4.57 Å². The summed E-state index contributed by atoms with van der Waals surface area (Å²) in [5, 5.41) is 2.71.